The molecular weight excluding hydrogens is 164 g/mol. The summed E-state index contributed by atoms with van der Waals surface area (Å²) >= 11 is 0. The molecule has 0 bridgehead atoms. The predicted molar refractivity (Wildman–Crippen MR) is 52.0 cm³/mol. The zero-order valence-electron chi connectivity index (χ0n) is 8.80. The van der Waals surface area contributed by atoms with Crippen molar-refractivity contribution in [2.24, 2.45) is 11.3 Å². The molecule has 0 aliphatic heterocycles. The normalized spacial score (nSPS) is 34.6. The van der Waals surface area contributed by atoms with E-state index >= 15 is 0 Å². The molecule has 2 heteroatoms. The molecule has 2 unspecified atom stereocenters. The van der Waals surface area contributed by atoms with E-state index in [2.05, 4.69) is 20.8 Å². The maximum atomic E-state index is 10.1. The number of hydrogen-bond donors (Lipinski definition) is 0. The van der Waals surface area contributed by atoms with Crippen LogP contribution in [0.2, 0.25) is 0 Å². The molecule has 2 atom stereocenters. The molecule has 0 amide bonds. The maximum absolute atomic E-state index is 10.1. The van der Waals surface area contributed by atoms with Gasteiger partial charge in [-0.1, -0.05) is 20.8 Å². The standard InChI is InChI=1S/C11H19O2/c1-9(2)11(3)6-4-5-10(7-11)13-8-12/h9-10H,4-7H2,1-3H3. The Balaban J connectivity index is 2.54. The first-order valence-corrected chi connectivity index (χ1v) is 5.11. The highest BCUT2D eigenvalue weighted by atomic mass is 16.5. The summed E-state index contributed by atoms with van der Waals surface area (Å²) in [5.41, 5.74) is 0.347. The zero-order valence-corrected chi connectivity index (χ0v) is 8.80. The summed E-state index contributed by atoms with van der Waals surface area (Å²) in [4.78, 5) is 10.1. The molecule has 1 radical (unpaired) electrons. The van der Waals surface area contributed by atoms with E-state index in [1.54, 1.807) is 6.47 Å². The van der Waals surface area contributed by atoms with Crippen molar-refractivity contribution in [3.8, 4) is 0 Å². The molecule has 75 valence electrons. The van der Waals surface area contributed by atoms with Gasteiger partial charge in [0.05, 0.1) is 0 Å². The summed E-state index contributed by atoms with van der Waals surface area (Å²) in [5.74, 6) is 0.658. The highest BCUT2D eigenvalue weighted by Gasteiger charge is 2.35. The second kappa shape index (κ2) is 4.12. The first-order chi connectivity index (χ1) is 6.08. The van der Waals surface area contributed by atoms with Gasteiger partial charge in [-0.05, 0) is 37.0 Å². The molecule has 13 heavy (non-hydrogen) atoms. The lowest BCUT2D eigenvalue weighted by molar-refractivity contribution is 0.0356. The highest BCUT2D eigenvalue weighted by molar-refractivity contribution is 5.38. The van der Waals surface area contributed by atoms with Crippen LogP contribution >= 0.6 is 0 Å². The molecule has 0 heterocycles. The van der Waals surface area contributed by atoms with Crippen LogP contribution < -0.4 is 0 Å². The lowest BCUT2D eigenvalue weighted by atomic mass is 9.67. The zero-order chi connectivity index (χ0) is 9.90. The molecule has 0 aromatic rings. The molecule has 0 aromatic heterocycles. The molecule has 2 nitrogen and oxygen atoms in total. The van der Waals surface area contributed by atoms with Crippen molar-refractivity contribution in [3.63, 3.8) is 0 Å². The quantitative estimate of drug-likeness (QED) is 0.672. The molecule has 0 spiro atoms. The third kappa shape index (κ3) is 2.45. The Hall–Kier alpha value is -0.530. The Bertz CT molecular complexity index is 177. The fourth-order valence-corrected chi connectivity index (χ4v) is 2.15. The van der Waals surface area contributed by atoms with Crippen molar-refractivity contribution in [2.45, 2.75) is 52.6 Å². The molecule has 0 N–H and O–H groups in total. The largest absolute Gasteiger partial charge is 0.454 e. The molecular formula is C11H19O2. The van der Waals surface area contributed by atoms with Crippen LogP contribution in [0, 0.1) is 11.3 Å². The van der Waals surface area contributed by atoms with Crippen LogP contribution in [0.1, 0.15) is 46.5 Å². The minimum Gasteiger partial charge on any atom is -0.454 e. The lowest BCUT2D eigenvalue weighted by Crippen LogP contribution is -2.34. The van der Waals surface area contributed by atoms with Crippen molar-refractivity contribution in [2.75, 3.05) is 0 Å². The Morgan fingerprint density at radius 1 is 1.54 bits per heavy atom. The fourth-order valence-electron chi connectivity index (χ4n) is 2.15. The topological polar surface area (TPSA) is 26.3 Å². The van der Waals surface area contributed by atoms with Gasteiger partial charge in [0.15, 0.2) is 0 Å². The minimum atomic E-state index is 0.110. The second-order valence-electron chi connectivity index (χ2n) is 4.73. The van der Waals surface area contributed by atoms with Gasteiger partial charge in [0.1, 0.15) is 6.10 Å². The Labute approximate surface area is 80.7 Å². The van der Waals surface area contributed by atoms with Gasteiger partial charge in [-0.3, -0.25) is 0 Å². The Kier molecular flexibility index (Phi) is 3.34. The molecule has 1 aliphatic carbocycles. The molecule has 0 aromatic carbocycles. The smallest absolute Gasteiger partial charge is 0.417 e. The van der Waals surface area contributed by atoms with Gasteiger partial charge in [0.25, 0.3) is 0 Å². The van der Waals surface area contributed by atoms with E-state index in [0.717, 1.165) is 12.8 Å². The van der Waals surface area contributed by atoms with Crippen molar-refractivity contribution in [1.82, 2.24) is 0 Å². The average Bonchev–Trinajstić information content (AvgIpc) is 2.04. The third-order valence-electron chi connectivity index (χ3n) is 3.58. The summed E-state index contributed by atoms with van der Waals surface area (Å²) in [6, 6.07) is 0. The van der Waals surface area contributed by atoms with Crippen LogP contribution in [0.25, 0.3) is 0 Å². The fraction of sp³-hybridized carbons (Fsp3) is 0.909. The van der Waals surface area contributed by atoms with Gasteiger partial charge < -0.3 is 4.74 Å². The van der Waals surface area contributed by atoms with Crippen LogP contribution in [0.15, 0.2) is 0 Å². The van der Waals surface area contributed by atoms with E-state index in [0.29, 0.717) is 11.3 Å². The first kappa shape index (κ1) is 10.6. The second-order valence-corrected chi connectivity index (χ2v) is 4.73. The van der Waals surface area contributed by atoms with Gasteiger partial charge in [0, 0.05) is 0 Å². The van der Waals surface area contributed by atoms with E-state index in [-0.39, 0.29) is 6.10 Å². The van der Waals surface area contributed by atoms with Gasteiger partial charge in [-0.15, -0.1) is 0 Å². The van der Waals surface area contributed by atoms with Gasteiger partial charge in [-0.25, -0.2) is 4.79 Å². The van der Waals surface area contributed by atoms with E-state index < -0.39 is 0 Å². The number of ether oxygens (including phenoxy) is 1. The highest BCUT2D eigenvalue weighted by Crippen LogP contribution is 2.42. The molecule has 1 saturated carbocycles. The minimum absolute atomic E-state index is 0.110. The van der Waals surface area contributed by atoms with Crippen LogP contribution in [0.4, 0.5) is 0 Å². The molecule has 0 saturated heterocycles. The van der Waals surface area contributed by atoms with Crippen LogP contribution in [0.3, 0.4) is 0 Å². The summed E-state index contributed by atoms with van der Waals surface area (Å²) < 4.78 is 4.92. The van der Waals surface area contributed by atoms with Crippen LogP contribution in [0.5, 0.6) is 0 Å². The van der Waals surface area contributed by atoms with Gasteiger partial charge >= 0.3 is 6.47 Å². The van der Waals surface area contributed by atoms with E-state index in [9.17, 15) is 4.79 Å². The summed E-state index contributed by atoms with van der Waals surface area (Å²) in [5, 5.41) is 0. The monoisotopic (exact) mass is 183 g/mol. The number of hydrogen-bond acceptors (Lipinski definition) is 2. The van der Waals surface area contributed by atoms with Crippen molar-refractivity contribution < 1.29 is 9.53 Å². The van der Waals surface area contributed by atoms with E-state index in [1.165, 1.54) is 12.8 Å². The van der Waals surface area contributed by atoms with Crippen LogP contribution in [-0.2, 0) is 9.53 Å². The third-order valence-corrected chi connectivity index (χ3v) is 3.58. The average molecular weight is 183 g/mol. The summed E-state index contributed by atoms with van der Waals surface area (Å²) in [7, 11) is 0. The summed E-state index contributed by atoms with van der Waals surface area (Å²) in [6.07, 6.45) is 4.54. The molecule has 1 fully saturated rings. The number of carbonyl (C=O) groups excluding carboxylic acids is 1. The van der Waals surface area contributed by atoms with Crippen molar-refractivity contribution in [3.05, 3.63) is 0 Å². The Morgan fingerprint density at radius 3 is 2.77 bits per heavy atom. The van der Waals surface area contributed by atoms with Gasteiger partial charge in [0.2, 0.25) is 0 Å². The Morgan fingerprint density at radius 2 is 2.23 bits per heavy atom. The summed E-state index contributed by atoms with van der Waals surface area (Å²) in [6.45, 7) is 8.34. The van der Waals surface area contributed by atoms with E-state index in [1.807, 2.05) is 0 Å². The van der Waals surface area contributed by atoms with Gasteiger partial charge in [-0.2, -0.15) is 0 Å². The van der Waals surface area contributed by atoms with Crippen molar-refractivity contribution >= 4 is 6.47 Å². The molecule has 1 rings (SSSR count). The van der Waals surface area contributed by atoms with Crippen molar-refractivity contribution in [1.29, 1.82) is 0 Å². The maximum Gasteiger partial charge on any atom is 0.417 e. The van der Waals surface area contributed by atoms with E-state index in [4.69, 9.17) is 4.74 Å². The molecule has 1 aliphatic rings. The first-order valence-electron chi connectivity index (χ1n) is 5.11. The van der Waals surface area contributed by atoms with Crippen LogP contribution in [-0.4, -0.2) is 12.6 Å². The number of rotatable bonds is 3. The lowest BCUT2D eigenvalue weighted by Gasteiger charge is -2.40. The SMILES string of the molecule is CC(C)C1(C)CCCC(O[C]=O)C1. The predicted octanol–water partition coefficient (Wildman–Crippen LogP) is 2.68.